The largest absolute Gasteiger partial charge is 0.508 e. The van der Waals surface area contributed by atoms with E-state index in [0.29, 0.717) is 23.4 Å². The monoisotopic (exact) mass is 456 g/mol. The minimum Gasteiger partial charge on any atom is -0.508 e. The molecule has 0 saturated carbocycles. The van der Waals surface area contributed by atoms with E-state index in [9.17, 15) is 9.90 Å². The van der Waals surface area contributed by atoms with Crippen LogP contribution in [0, 0.1) is 6.92 Å². The second kappa shape index (κ2) is 8.91. The number of aromatic hydroxyl groups is 1. The highest BCUT2D eigenvalue weighted by molar-refractivity contribution is 7.98. The SMILES string of the molecule is Cc1c(O)ccc2c(CSc3nnc(-c4ccncc4)n3Cc3ccccc3)cc(=O)oc12. The molecule has 7 nitrogen and oxygen atoms in total. The van der Waals surface area contributed by atoms with Gasteiger partial charge in [-0.2, -0.15) is 0 Å². The Hall–Kier alpha value is -3.91. The van der Waals surface area contributed by atoms with E-state index in [0.717, 1.165) is 33.1 Å². The van der Waals surface area contributed by atoms with Crippen molar-refractivity contribution >= 4 is 22.7 Å². The maximum atomic E-state index is 12.2. The van der Waals surface area contributed by atoms with Crippen molar-refractivity contribution in [1.29, 1.82) is 0 Å². The Balaban J connectivity index is 1.52. The average molecular weight is 457 g/mol. The predicted octanol–water partition coefficient (Wildman–Crippen LogP) is 4.80. The minimum atomic E-state index is -0.449. The van der Waals surface area contributed by atoms with Crippen LogP contribution in [0.3, 0.4) is 0 Å². The van der Waals surface area contributed by atoms with Crippen molar-refractivity contribution in [3.63, 3.8) is 0 Å². The Morgan fingerprint density at radius 2 is 1.82 bits per heavy atom. The number of hydrogen-bond acceptors (Lipinski definition) is 7. The summed E-state index contributed by atoms with van der Waals surface area (Å²) in [4.78, 5) is 16.3. The first-order valence-corrected chi connectivity index (χ1v) is 11.3. The predicted molar refractivity (Wildman–Crippen MR) is 127 cm³/mol. The number of fused-ring (bicyclic) bond motifs is 1. The zero-order valence-electron chi connectivity index (χ0n) is 17.8. The molecule has 3 aromatic heterocycles. The Morgan fingerprint density at radius 1 is 1.03 bits per heavy atom. The molecular formula is C25H20N4O3S. The van der Waals surface area contributed by atoms with Gasteiger partial charge in [-0.15, -0.1) is 10.2 Å². The zero-order chi connectivity index (χ0) is 22.8. The van der Waals surface area contributed by atoms with E-state index in [2.05, 4.69) is 31.9 Å². The van der Waals surface area contributed by atoms with E-state index in [1.165, 1.54) is 17.8 Å². The van der Waals surface area contributed by atoms with Crippen molar-refractivity contribution in [2.45, 2.75) is 24.4 Å². The normalized spacial score (nSPS) is 11.2. The number of benzene rings is 2. The first-order valence-electron chi connectivity index (χ1n) is 10.4. The number of phenols is 1. The third kappa shape index (κ3) is 4.25. The number of phenolic OH excluding ortho intramolecular Hbond substituents is 1. The van der Waals surface area contributed by atoms with Gasteiger partial charge in [-0.3, -0.25) is 9.55 Å². The Bertz CT molecular complexity index is 1480. The van der Waals surface area contributed by atoms with Gasteiger partial charge in [0.2, 0.25) is 0 Å². The molecule has 0 saturated heterocycles. The lowest BCUT2D eigenvalue weighted by Gasteiger charge is -2.11. The molecule has 0 bridgehead atoms. The maximum Gasteiger partial charge on any atom is 0.336 e. The second-order valence-electron chi connectivity index (χ2n) is 7.58. The highest BCUT2D eigenvalue weighted by atomic mass is 32.2. The molecule has 164 valence electrons. The number of nitrogens with zero attached hydrogens (tertiary/aromatic N) is 4. The molecule has 0 aliphatic carbocycles. The molecule has 5 rings (SSSR count). The van der Waals surface area contributed by atoms with E-state index in [4.69, 9.17) is 4.42 Å². The number of rotatable bonds is 6. The van der Waals surface area contributed by atoms with Crippen molar-refractivity contribution in [2.75, 3.05) is 0 Å². The third-order valence-electron chi connectivity index (χ3n) is 5.41. The van der Waals surface area contributed by atoms with Crippen LogP contribution >= 0.6 is 11.8 Å². The minimum absolute atomic E-state index is 0.0973. The van der Waals surface area contributed by atoms with Crippen LogP contribution in [0.25, 0.3) is 22.4 Å². The summed E-state index contributed by atoms with van der Waals surface area (Å²) in [5.74, 6) is 1.34. The van der Waals surface area contributed by atoms with Gasteiger partial charge in [-0.05, 0) is 42.3 Å². The van der Waals surface area contributed by atoms with Crippen LogP contribution < -0.4 is 5.63 Å². The van der Waals surface area contributed by atoms with Gasteiger partial charge >= 0.3 is 5.63 Å². The fourth-order valence-electron chi connectivity index (χ4n) is 3.70. The summed E-state index contributed by atoms with van der Waals surface area (Å²) in [6.45, 7) is 2.34. The number of hydrogen-bond donors (Lipinski definition) is 1. The Kier molecular flexibility index (Phi) is 5.66. The molecule has 0 radical (unpaired) electrons. The second-order valence-corrected chi connectivity index (χ2v) is 8.52. The summed E-state index contributed by atoms with van der Waals surface area (Å²) in [5, 5.41) is 20.4. The Morgan fingerprint density at radius 3 is 2.61 bits per heavy atom. The summed E-state index contributed by atoms with van der Waals surface area (Å²) in [6.07, 6.45) is 3.47. The van der Waals surface area contributed by atoms with Crippen LogP contribution in [-0.4, -0.2) is 24.9 Å². The fraction of sp³-hybridized carbons (Fsp3) is 0.120. The van der Waals surface area contributed by atoms with Crippen LogP contribution in [0.2, 0.25) is 0 Å². The summed E-state index contributed by atoms with van der Waals surface area (Å²) in [6, 6.07) is 18.8. The van der Waals surface area contributed by atoms with Crippen molar-refractivity contribution in [3.8, 4) is 17.1 Å². The molecule has 0 fully saturated rings. The molecule has 0 aliphatic rings. The van der Waals surface area contributed by atoms with Crippen LogP contribution in [-0.2, 0) is 12.3 Å². The number of aromatic nitrogens is 4. The smallest absolute Gasteiger partial charge is 0.336 e. The lowest BCUT2D eigenvalue weighted by molar-refractivity contribution is 0.468. The van der Waals surface area contributed by atoms with E-state index < -0.39 is 5.63 Å². The molecule has 0 unspecified atom stereocenters. The van der Waals surface area contributed by atoms with Crippen LogP contribution in [0.4, 0.5) is 0 Å². The highest BCUT2D eigenvalue weighted by Crippen LogP contribution is 2.32. The summed E-state index contributed by atoms with van der Waals surface area (Å²) in [7, 11) is 0. The maximum absolute atomic E-state index is 12.2. The topological polar surface area (TPSA) is 94.0 Å². The summed E-state index contributed by atoms with van der Waals surface area (Å²) in [5.41, 5.74) is 3.37. The molecule has 0 amide bonds. The Labute approximate surface area is 193 Å². The van der Waals surface area contributed by atoms with Crippen LogP contribution in [0.5, 0.6) is 5.75 Å². The zero-order valence-corrected chi connectivity index (χ0v) is 18.6. The fourth-order valence-corrected chi connectivity index (χ4v) is 4.62. The number of thioether (sulfide) groups is 1. The standard InChI is InChI=1S/C25H20N4O3S/c1-16-21(30)8-7-20-19(13-22(31)32-23(16)20)15-33-25-28-27-24(18-9-11-26-12-10-18)29(25)14-17-5-3-2-4-6-17/h2-13,30H,14-15H2,1H3. The third-order valence-corrected chi connectivity index (χ3v) is 6.43. The van der Waals surface area contributed by atoms with Crippen LogP contribution in [0.15, 0.2) is 87.4 Å². The quantitative estimate of drug-likeness (QED) is 0.290. The van der Waals surface area contributed by atoms with Gasteiger partial charge in [0.25, 0.3) is 0 Å². The number of aryl methyl sites for hydroxylation is 1. The van der Waals surface area contributed by atoms with Crippen molar-refractivity contribution < 1.29 is 9.52 Å². The molecule has 8 heteroatoms. The molecule has 33 heavy (non-hydrogen) atoms. The van der Waals surface area contributed by atoms with Crippen molar-refractivity contribution in [3.05, 3.63) is 100 Å². The summed E-state index contributed by atoms with van der Waals surface area (Å²) >= 11 is 1.50. The first-order chi connectivity index (χ1) is 16.1. The highest BCUT2D eigenvalue weighted by Gasteiger charge is 2.17. The molecular weight excluding hydrogens is 436 g/mol. The van der Waals surface area contributed by atoms with Gasteiger partial charge in [0.05, 0.1) is 6.54 Å². The lowest BCUT2D eigenvalue weighted by atomic mass is 10.1. The molecule has 1 N–H and O–H groups in total. The van der Waals surface area contributed by atoms with Gasteiger partial charge in [-0.1, -0.05) is 42.1 Å². The molecule has 0 aliphatic heterocycles. The van der Waals surface area contributed by atoms with Gasteiger partial charge in [-0.25, -0.2) is 4.79 Å². The average Bonchev–Trinajstić information content (AvgIpc) is 3.23. The lowest BCUT2D eigenvalue weighted by Crippen LogP contribution is -2.05. The van der Waals surface area contributed by atoms with E-state index in [1.54, 1.807) is 31.5 Å². The van der Waals surface area contributed by atoms with E-state index >= 15 is 0 Å². The first kappa shape index (κ1) is 21.0. The van der Waals surface area contributed by atoms with Gasteiger partial charge < -0.3 is 9.52 Å². The molecule has 5 aromatic rings. The van der Waals surface area contributed by atoms with Gasteiger partial charge in [0.15, 0.2) is 11.0 Å². The van der Waals surface area contributed by atoms with E-state index in [-0.39, 0.29) is 5.75 Å². The molecule has 2 aromatic carbocycles. The van der Waals surface area contributed by atoms with Crippen molar-refractivity contribution in [2.24, 2.45) is 0 Å². The van der Waals surface area contributed by atoms with Gasteiger partial charge in [0, 0.05) is 40.7 Å². The van der Waals surface area contributed by atoms with Gasteiger partial charge in [0.1, 0.15) is 11.3 Å². The van der Waals surface area contributed by atoms with Crippen molar-refractivity contribution in [1.82, 2.24) is 19.7 Å². The molecule has 3 heterocycles. The van der Waals surface area contributed by atoms with E-state index in [1.807, 2.05) is 30.3 Å². The number of pyridine rings is 1. The molecule has 0 spiro atoms. The summed E-state index contributed by atoms with van der Waals surface area (Å²) < 4.78 is 7.44. The van der Waals surface area contributed by atoms with Crippen LogP contribution in [0.1, 0.15) is 16.7 Å². The molecule has 0 atom stereocenters.